The molecular formula is C14H20ClFN2. The van der Waals surface area contributed by atoms with Crippen molar-refractivity contribution in [2.75, 3.05) is 31.6 Å². The van der Waals surface area contributed by atoms with Crippen molar-refractivity contribution in [3.63, 3.8) is 0 Å². The topological polar surface area (TPSA) is 6.48 Å². The van der Waals surface area contributed by atoms with E-state index in [9.17, 15) is 4.39 Å². The Bertz CT molecular complexity index is 411. The van der Waals surface area contributed by atoms with Crippen LogP contribution in [0.25, 0.3) is 0 Å². The highest BCUT2D eigenvalue weighted by Crippen LogP contribution is 2.24. The van der Waals surface area contributed by atoms with E-state index in [1.54, 1.807) is 6.07 Å². The van der Waals surface area contributed by atoms with E-state index in [4.69, 9.17) is 11.6 Å². The number of anilines is 1. The zero-order valence-corrected chi connectivity index (χ0v) is 11.8. The van der Waals surface area contributed by atoms with E-state index in [1.807, 2.05) is 12.1 Å². The predicted octanol–water partition coefficient (Wildman–Crippen LogP) is 3.09. The van der Waals surface area contributed by atoms with Gasteiger partial charge in [0.05, 0.1) is 5.69 Å². The van der Waals surface area contributed by atoms with E-state index in [0.717, 1.165) is 31.6 Å². The molecule has 0 aliphatic carbocycles. The quantitative estimate of drug-likeness (QED) is 0.779. The Hall–Kier alpha value is -0.800. The van der Waals surface area contributed by atoms with Crippen molar-refractivity contribution in [2.24, 2.45) is 0 Å². The molecule has 1 saturated heterocycles. The molecule has 4 heteroatoms. The second kappa shape index (κ2) is 5.89. The fraction of sp³-hybridized carbons (Fsp3) is 0.571. The lowest BCUT2D eigenvalue weighted by atomic mass is 10.1. The van der Waals surface area contributed by atoms with Crippen LogP contribution in [0.15, 0.2) is 18.2 Å². The maximum atomic E-state index is 14.0. The summed E-state index contributed by atoms with van der Waals surface area (Å²) >= 11 is 5.71. The summed E-state index contributed by atoms with van der Waals surface area (Å²) in [5, 5.41) is 0. The first-order valence-corrected chi connectivity index (χ1v) is 6.98. The molecule has 1 atom stereocenters. The highest BCUT2D eigenvalue weighted by Gasteiger charge is 2.24. The smallest absolute Gasteiger partial charge is 0.146 e. The molecule has 0 saturated carbocycles. The first-order chi connectivity index (χ1) is 8.65. The lowest BCUT2D eigenvalue weighted by Gasteiger charge is -2.40. The van der Waals surface area contributed by atoms with E-state index >= 15 is 0 Å². The summed E-state index contributed by atoms with van der Waals surface area (Å²) in [6.45, 7) is 4.93. The maximum absolute atomic E-state index is 14.0. The number of hydrogen-bond acceptors (Lipinski definition) is 2. The molecule has 0 amide bonds. The molecule has 100 valence electrons. The normalized spacial score (nSPS) is 21.3. The zero-order chi connectivity index (χ0) is 13.1. The summed E-state index contributed by atoms with van der Waals surface area (Å²) in [6, 6.07) is 5.81. The Labute approximate surface area is 113 Å². The Kier molecular flexibility index (Phi) is 4.46. The van der Waals surface area contributed by atoms with Crippen molar-refractivity contribution in [1.29, 1.82) is 0 Å². The molecule has 0 spiro atoms. The first-order valence-electron chi connectivity index (χ1n) is 6.45. The van der Waals surface area contributed by atoms with E-state index in [1.165, 1.54) is 0 Å². The van der Waals surface area contributed by atoms with Crippen LogP contribution in [0.2, 0.25) is 0 Å². The molecule has 1 unspecified atom stereocenters. The minimum atomic E-state index is -0.160. The number of piperazine rings is 1. The van der Waals surface area contributed by atoms with Gasteiger partial charge in [-0.05, 0) is 31.2 Å². The Balaban J connectivity index is 2.16. The van der Waals surface area contributed by atoms with Gasteiger partial charge in [-0.15, -0.1) is 11.6 Å². The molecule has 2 nitrogen and oxygen atoms in total. The average molecular weight is 271 g/mol. The standard InChI is InChI=1S/C14H20ClFN2/c1-3-12-10-18(7-6-17(12)2)14-5-4-11(9-15)8-13(14)16/h4-5,8,12H,3,6-7,9-10H2,1-2H3. The van der Waals surface area contributed by atoms with Crippen LogP contribution in [-0.2, 0) is 5.88 Å². The fourth-order valence-electron chi connectivity index (χ4n) is 2.50. The molecule has 1 aliphatic rings. The number of rotatable bonds is 3. The molecule has 1 heterocycles. The Morgan fingerprint density at radius 1 is 1.39 bits per heavy atom. The van der Waals surface area contributed by atoms with Gasteiger partial charge in [-0.3, -0.25) is 4.90 Å². The third-order valence-electron chi connectivity index (χ3n) is 3.76. The summed E-state index contributed by atoms with van der Waals surface area (Å²) in [4.78, 5) is 4.49. The molecule has 1 aliphatic heterocycles. The second-order valence-electron chi connectivity index (χ2n) is 4.91. The van der Waals surface area contributed by atoms with Gasteiger partial charge < -0.3 is 4.90 Å². The van der Waals surface area contributed by atoms with Crippen LogP contribution in [0, 0.1) is 5.82 Å². The van der Waals surface area contributed by atoms with Gasteiger partial charge in [0.15, 0.2) is 0 Å². The van der Waals surface area contributed by atoms with Crippen LogP contribution in [-0.4, -0.2) is 37.6 Å². The highest BCUT2D eigenvalue weighted by molar-refractivity contribution is 6.17. The van der Waals surface area contributed by atoms with E-state index < -0.39 is 0 Å². The molecular weight excluding hydrogens is 251 g/mol. The summed E-state index contributed by atoms with van der Waals surface area (Å²) < 4.78 is 14.0. The van der Waals surface area contributed by atoms with Gasteiger partial charge in [0.25, 0.3) is 0 Å². The van der Waals surface area contributed by atoms with Gasteiger partial charge in [0.1, 0.15) is 5.82 Å². The van der Waals surface area contributed by atoms with Gasteiger partial charge >= 0.3 is 0 Å². The SMILES string of the molecule is CCC1CN(c2ccc(CCl)cc2F)CCN1C. The third-order valence-corrected chi connectivity index (χ3v) is 4.06. The van der Waals surface area contributed by atoms with Crippen LogP contribution in [0.1, 0.15) is 18.9 Å². The minimum absolute atomic E-state index is 0.160. The predicted molar refractivity (Wildman–Crippen MR) is 74.9 cm³/mol. The summed E-state index contributed by atoms with van der Waals surface area (Å²) in [6.07, 6.45) is 1.09. The highest BCUT2D eigenvalue weighted by atomic mass is 35.5. The number of alkyl halides is 1. The molecule has 0 bridgehead atoms. The van der Waals surface area contributed by atoms with Crippen molar-refractivity contribution in [3.05, 3.63) is 29.6 Å². The van der Waals surface area contributed by atoms with Crippen LogP contribution >= 0.6 is 11.6 Å². The molecule has 18 heavy (non-hydrogen) atoms. The van der Waals surface area contributed by atoms with Crippen molar-refractivity contribution in [3.8, 4) is 0 Å². The lowest BCUT2D eigenvalue weighted by molar-refractivity contribution is 0.213. The average Bonchev–Trinajstić information content (AvgIpc) is 2.39. The summed E-state index contributed by atoms with van der Waals surface area (Å²) in [5.74, 6) is 0.199. The molecule has 1 fully saturated rings. The van der Waals surface area contributed by atoms with Crippen molar-refractivity contribution < 1.29 is 4.39 Å². The van der Waals surface area contributed by atoms with E-state index in [-0.39, 0.29) is 5.82 Å². The molecule has 1 aromatic carbocycles. The maximum Gasteiger partial charge on any atom is 0.146 e. The van der Waals surface area contributed by atoms with Crippen LogP contribution in [0.3, 0.4) is 0 Å². The zero-order valence-electron chi connectivity index (χ0n) is 11.0. The van der Waals surface area contributed by atoms with E-state index in [2.05, 4.69) is 23.8 Å². The monoisotopic (exact) mass is 270 g/mol. The van der Waals surface area contributed by atoms with Gasteiger partial charge in [0.2, 0.25) is 0 Å². The Morgan fingerprint density at radius 2 is 2.17 bits per heavy atom. The number of nitrogens with zero attached hydrogens (tertiary/aromatic N) is 2. The minimum Gasteiger partial charge on any atom is -0.366 e. The first kappa shape index (κ1) is 13.6. The number of halogens is 2. The van der Waals surface area contributed by atoms with E-state index in [0.29, 0.717) is 17.6 Å². The largest absolute Gasteiger partial charge is 0.366 e. The molecule has 1 aromatic rings. The van der Waals surface area contributed by atoms with Crippen molar-refractivity contribution >= 4 is 17.3 Å². The number of likely N-dealkylation sites (N-methyl/N-ethyl adjacent to an activating group) is 1. The van der Waals surface area contributed by atoms with Crippen molar-refractivity contribution in [2.45, 2.75) is 25.3 Å². The Morgan fingerprint density at radius 3 is 2.78 bits per heavy atom. The number of hydrogen-bond donors (Lipinski definition) is 0. The molecule has 0 radical (unpaired) electrons. The summed E-state index contributed by atoms with van der Waals surface area (Å²) in [7, 11) is 2.14. The van der Waals surface area contributed by atoms with Gasteiger partial charge in [-0.1, -0.05) is 13.0 Å². The van der Waals surface area contributed by atoms with Crippen molar-refractivity contribution in [1.82, 2.24) is 4.90 Å². The fourth-order valence-corrected chi connectivity index (χ4v) is 2.66. The number of benzene rings is 1. The second-order valence-corrected chi connectivity index (χ2v) is 5.18. The third kappa shape index (κ3) is 2.78. The van der Waals surface area contributed by atoms with Crippen LogP contribution in [0.5, 0.6) is 0 Å². The van der Waals surface area contributed by atoms with Gasteiger partial charge in [0, 0.05) is 31.6 Å². The van der Waals surface area contributed by atoms with Gasteiger partial charge in [-0.25, -0.2) is 4.39 Å². The lowest BCUT2D eigenvalue weighted by Crippen LogP contribution is -2.51. The van der Waals surface area contributed by atoms with Crippen LogP contribution < -0.4 is 4.90 Å². The van der Waals surface area contributed by atoms with Crippen LogP contribution in [0.4, 0.5) is 10.1 Å². The van der Waals surface area contributed by atoms with Gasteiger partial charge in [-0.2, -0.15) is 0 Å². The molecule has 0 aromatic heterocycles. The summed E-state index contributed by atoms with van der Waals surface area (Å²) in [5.41, 5.74) is 1.54. The molecule has 2 rings (SSSR count). The molecule has 0 N–H and O–H groups in total.